The fourth-order valence-corrected chi connectivity index (χ4v) is 4.10. The standard InChI is InChI=1S/C17H21N5S/c1-12-9-17-19-15(10-16(18)22(17)20-12)13-4-6-21(7-5-13)11-14-3-2-8-23-14/h2-3,8-10,13H,4-7,11,18H2,1H3. The van der Waals surface area contributed by atoms with E-state index in [0.29, 0.717) is 11.7 Å². The molecular formula is C17H21N5S. The molecular weight excluding hydrogens is 306 g/mol. The summed E-state index contributed by atoms with van der Waals surface area (Å²) in [5.74, 6) is 1.18. The lowest BCUT2D eigenvalue weighted by molar-refractivity contribution is 0.205. The van der Waals surface area contributed by atoms with Gasteiger partial charge in [0.15, 0.2) is 5.65 Å². The van der Waals surface area contributed by atoms with E-state index in [2.05, 4.69) is 27.5 Å². The number of likely N-dealkylation sites (tertiary alicyclic amines) is 1. The van der Waals surface area contributed by atoms with Gasteiger partial charge in [0.1, 0.15) is 5.82 Å². The maximum Gasteiger partial charge on any atom is 0.157 e. The Labute approximate surface area is 139 Å². The summed E-state index contributed by atoms with van der Waals surface area (Å²) in [5.41, 5.74) is 9.07. The van der Waals surface area contributed by atoms with Crippen molar-refractivity contribution in [2.75, 3.05) is 18.8 Å². The van der Waals surface area contributed by atoms with Gasteiger partial charge in [0.2, 0.25) is 0 Å². The summed E-state index contributed by atoms with van der Waals surface area (Å²) < 4.78 is 1.73. The molecule has 0 unspecified atom stereocenters. The third-order valence-electron chi connectivity index (χ3n) is 4.56. The smallest absolute Gasteiger partial charge is 0.157 e. The molecule has 0 spiro atoms. The topological polar surface area (TPSA) is 59.5 Å². The second-order valence-electron chi connectivity index (χ2n) is 6.29. The largest absolute Gasteiger partial charge is 0.384 e. The lowest BCUT2D eigenvalue weighted by Gasteiger charge is -2.31. The molecule has 1 aliphatic heterocycles. The number of aromatic nitrogens is 3. The number of anilines is 1. The fourth-order valence-electron chi connectivity index (χ4n) is 3.35. The number of piperidine rings is 1. The van der Waals surface area contributed by atoms with Crippen molar-refractivity contribution in [2.24, 2.45) is 0 Å². The maximum absolute atomic E-state index is 6.15. The van der Waals surface area contributed by atoms with Crippen LogP contribution in [0.2, 0.25) is 0 Å². The van der Waals surface area contributed by atoms with E-state index in [9.17, 15) is 0 Å². The number of nitrogen functional groups attached to an aromatic ring is 1. The predicted octanol–water partition coefficient (Wildman–Crippen LogP) is 3.06. The summed E-state index contributed by atoms with van der Waals surface area (Å²) in [6.45, 7) is 5.28. The molecule has 4 rings (SSSR count). The van der Waals surface area contributed by atoms with Gasteiger partial charge in [-0.1, -0.05) is 6.07 Å². The quantitative estimate of drug-likeness (QED) is 0.803. The third kappa shape index (κ3) is 2.96. The molecule has 0 aromatic carbocycles. The molecule has 3 aromatic heterocycles. The van der Waals surface area contributed by atoms with Gasteiger partial charge in [0.05, 0.1) is 5.69 Å². The van der Waals surface area contributed by atoms with Crippen molar-refractivity contribution in [3.8, 4) is 0 Å². The van der Waals surface area contributed by atoms with Crippen LogP contribution in [-0.4, -0.2) is 32.6 Å². The number of hydrogen-bond donors (Lipinski definition) is 1. The Bertz CT molecular complexity index is 800. The summed E-state index contributed by atoms with van der Waals surface area (Å²) in [7, 11) is 0. The SMILES string of the molecule is Cc1cc2nc(C3CCN(Cc4cccs4)CC3)cc(N)n2n1. The molecule has 4 heterocycles. The van der Waals surface area contributed by atoms with Crippen molar-refractivity contribution in [3.05, 3.63) is 45.9 Å². The third-order valence-corrected chi connectivity index (χ3v) is 5.42. The normalized spacial score (nSPS) is 17.1. The molecule has 2 N–H and O–H groups in total. The van der Waals surface area contributed by atoms with Crippen LogP contribution in [0.3, 0.4) is 0 Å². The van der Waals surface area contributed by atoms with E-state index in [4.69, 9.17) is 10.7 Å². The molecule has 0 radical (unpaired) electrons. The van der Waals surface area contributed by atoms with Gasteiger partial charge in [-0.3, -0.25) is 4.90 Å². The van der Waals surface area contributed by atoms with E-state index in [-0.39, 0.29) is 0 Å². The zero-order valence-corrected chi connectivity index (χ0v) is 14.1. The van der Waals surface area contributed by atoms with Crippen LogP contribution in [0.1, 0.15) is 35.0 Å². The summed E-state index contributed by atoms with van der Waals surface area (Å²) in [4.78, 5) is 8.77. The minimum atomic E-state index is 0.497. The number of nitrogens with two attached hydrogens (primary N) is 1. The molecule has 120 valence electrons. The van der Waals surface area contributed by atoms with Crippen molar-refractivity contribution < 1.29 is 0 Å². The average molecular weight is 327 g/mol. The van der Waals surface area contributed by atoms with Crippen molar-refractivity contribution in [1.82, 2.24) is 19.5 Å². The molecule has 1 fully saturated rings. The van der Waals surface area contributed by atoms with Gasteiger partial charge in [-0.15, -0.1) is 11.3 Å². The second kappa shape index (κ2) is 5.94. The van der Waals surface area contributed by atoms with E-state index in [1.54, 1.807) is 4.52 Å². The van der Waals surface area contributed by atoms with Gasteiger partial charge in [-0.25, -0.2) is 4.98 Å². The van der Waals surface area contributed by atoms with Crippen molar-refractivity contribution in [3.63, 3.8) is 0 Å². The van der Waals surface area contributed by atoms with Crippen LogP contribution >= 0.6 is 11.3 Å². The molecule has 0 bridgehead atoms. The van der Waals surface area contributed by atoms with E-state index in [1.165, 1.54) is 4.88 Å². The first-order valence-corrected chi connectivity index (χ1v) is 8.94. The van der Waals surface area contributed by atoms with Crippen LogP contribution < -0.4 is 5.73 Å². The predicted molar refractivity (Wildman–Crippen MR) is 93.7 cm³/mol. The van der Waals surface area contributed by atoms with E-state index >= 15 is 0 Å². The monoisotopic (exact) mass is 327 g/mol. The van der Waals surface area contributed by atoms with Crippen LogP contribution in [0.4, 0.5) is 5.82 Å². The summed E-state index contributed by atoms with van der Waals surface area (Å²) in [6, 6.07) is 8.34. The van der Waals surface area contributed by atoms with Gasteiger partial charge in [0, 0.05) is 35.2 Å². The number of nitrogens with zero attached hydrogens (tertiary/aromatic N) is 4. The second-order valence-corrected chi connectivity index (χ2v) is 7.32. The van der Waals surface area contributed by atoms with Crippen molar-refractivity contribution in [1.29, 1.82) is 0 Å². The Morgan fingerprint density at radius 1 is 1.30 bits per heavy atom. The number of rotatable bonds is 3. The van der Waals surface area contributed by atoms with E-state index in [0.717, 1.165) is 49.5 Å². The first-order chi connectivity index (χ1) is 11.2. The van der Waals surface area contributed by atoms with Crippen LogP contribution in [0.15, 0.2) is 29.6 Å². The highest BCUT2D eigenvalue weighted by Gasteiger charge is 2.23. The van der Waals surface area contributed by atoms with Crippen LogP contribution in [-0.2, 0) is 6.54 Å². The highest BCUT2D eigenvalue weighted by molar-refractivity contribution is 7.09. The zero-order chi connectivity index (χ0) is 15.8. The van der Waals surface area contributed by atoms with E-state index < -0.39 is 0 Å². The van der Waals surface area contributed by atoms with Gasteiger partial charge in [0.25, 0.3) is 0 Å². The molecule has 1 aliphatic rings. The zero-order valence-electron chi connectivity index (χ0n) is 13.3. The summed E-state index contributed by atoms with van der Waals surface area (Å²) in [6.07, 6.45) is 2.28. The number of thiophene rings is 1. The minimum Gasteiger partial charge on any atom is -0.384 e. The van der Waals surface area contributed by atoms with Crippen LogP contribution in [0.5, 0.6) is 0 Å². The molecule has 0 amide bonds. The average Bonchev–Trinajstić information content (AvgIpc) is 3.17. The Kier molecular flexibility index (Phi) is 3.79. The lowest BCUT2D eigenvalue weighted by Crippen LogP contribution is -2.32. The maximum atomic E-state index is 6.15. The minimum absolute atomic E-state index is 0.497. The molecule has 23 heavy (non-hydrogen) atoms. The number of fused-ring (bicyclic) bond motifs is 1. The molecule has 5 nitrogen and oxygen atoms in total. The highest BCUT2D eigenvalue weighted by atomic mass is 32.1. The molecule has 1 saturated heterocycles. The van der Waals surface area contributed by atoms with Crippen molar-refractivity contribution >= 4 is 22.8 Å². The molecule has 0 aliphatic carbocycles. The van der Waals surface area contributed by atoms with Gasteiger partial charge in [-0.05, 0) is 44.3 Å². The lowest BCUT2D eigenvalue weighted by atomic mass is 9.93. The van der Waals surface area contributed by atoms with Crippen LogP contribution in [0.25, 0.3) is 5.65 Å². The van der Waals surface area contributed by atoms with Crippen molar-refractivity contribution in [2.45, 2.75) is 32.2 Å². The van der Waals surface area contributed by atoms with Gasteiger partial charge in [-0.2, -0.15) is 9.61 Å². The first-order valence-electron chi connectivity index (χ1n) is 8.06. The molecule has 3 aromatic rings. The molecule has 0 saturated carbocycles. The van der Waals surface area contributed by atoms with E-state index in [1.807, 2.05) is 30.4 Å². The Morgan fingerprint density at radius 2 is 2.13 bits per heavy atom. The molecule has 6 heteroatoms. The Balaban J connectivity index is 1.47. The first kappa shape index (κ1) is 14.7. The Hall–Kier alpha value is -1.92. The number of aryl methyl sites for hydroxylation is 1. The fraction of sp³-hybridized carbons (Fsp3) is 0.412. The molecule has 0 atom stereocenters. The van der Waals surface area contributed by atoms with Gasteiger partial charge < -0.3 is 5.73 Å². The summed E-state index contributed by atoms with van der Waals surface area (Å²) in [5, 5.41) is 6.53. The number of hydrogen-bond acceptors (Lipinski definition) is 5. The Morgan fingerprint density at radius 3 is 2.87 bits per heavy atom. The highest BCUT2D eigenvalue weighted by Crippen LogP contribution is 2.29. The van der Waals surface area contributed by atoms with Crippen LogP contribution in [0, 0.1) is 6.92 Å². The summed E-state index contributed by atoms with van der Waals surface area (Å²) >= 11 is 1.84. The van der Waals surface area contributed by atoms with Gasteiger partial charge >= 0.3 is 0 Å².